The van der Waals surface area contributed by atoms with Crippen LogP contribution in [0, 0.1) is 0 Å². The molecule has 0 bridgehead atoms. The third kappa shape index (κ3) is 6.65. The van der Waals surface area contributed by atoms with E-state index in [1.165, 1.54) is 0 Å². The molecule has 0 N–H and O–H groups in total. The third-order valence-corrected chi connectivity index (χ3v) is 10.9. The molecule has 10 rings (SSSR count). The standard InChI is InChI=1S/C54H39N3O/c1-54(2)48-28-16-15-26-46(48)50-47(27-17-29-49(50)58-54)53-56-51(44-32-40(36-18-7-3-8-19-36)30-41(33-44)37-20-9-4-10-21-37)55-52(57-53)45-34-42(38-22-11-5-12-23-38)31-43(35-45)39-24-13-6-14-25-39/h3-35H,1-2H3. The highest BCUT2D eigenvalue weighted by atomic mass is 16.5. The molecule has 0 spiro atoms. The van der Waals surface area contributed by atoms with Gasteiger partial charge in [-0.3, -0.25) is 0 Å². The monoisotopic (exact) mass is 745 g/mol. The number of rotatable bonds is 7. The van der Waals surface area contributed by atoms with Crippen LogP contribution in [0.3, 0.4) is 0 Å². The van der Waals surface area contributed by atoms with Gasteiger partial charge < -0.3 is 4.74 Å². The number of ether oxygens (including phenoxy) is 1. The number of nitrogens with zero attached hydrogens (tertiary/aromatic N) is 3. The molecule has 0 radical (unpaired) electrons. The maximum atomic E-state index is 6.73. The molecule has 0 aliphatic carbocycles. The molecule has 4 nitrogen and oxygen atoms in total. The highest BCUT2D eigenvalue weighted by molar-refractivity contribution is 5.90. The van der Waals surface area contributed by atoms with Crippen molar-refractivity contribution in [3.63, 3.8) is 0 Å². The van der Waals surface area contributed by atoms with Crippen LogP contribution < -0.4 is 4.74 Å². The summed E-state index contributed by atoms with van der Waals surface area (Å²) in [6, 6.07) is 69.9. The lowest BCUT2D eigenvalue weighted by Gasteiger charge is -2.35. The van der Waals surface area contributed by atoms with E-state index in [4.69, 9.17) is 19.7 Å². The Labute approximate surface area is 339 Å². The predicted molar refractivity (Wildman–Crippen MR) is 237 cm³/mol. The van der Waals surface area contributed by atoms with Crippen LogP contribution >= 0.6 is 0 Å². The molecule has 0 amide bonds. The largest absolute Gasteiger partial charge is 0.482 e. The van der Waals surface area contributed by atoms with Gasteiger partial charge >= 0.3 is 0 Å². The number of hydrogen-bond donors (Lipinski definition) is 0. The van der Waals surface area contributed by atoms with Crippen LogP contribution in [-0.2, 0) is 5.60 Å². The van der Waals surface area contributed by atoms with Crippen LogP contribution in [0.2, 0.25) is 0 Å². The Morgan fingerprint density at radius 2 is 0.690 bits per heavy atom. The summed E-state index contributed by atoms with van der Waals surface area (Å²) < 4.78 is 6.73. The maximum absolute atomic E-state index is 6.73. The van der Waals surface area contributed by atoms with Crippen LogP contribution in [0.15, 0.2) is 200 Å². The zero-order valence-electron chi connectivity index (χ0n) is 32.3. The van der Waals surface area contributed by atoms with Gasteiger partial charge in [-0.25, -0.2) is 15.0 Å². The minimum absolute atomic E-state index is 0.505. The number of hydrogen-bond acceptors (Lipinski definition) is 4. The zero-order valence-corrected chi connectivity index (χ0v) is 32.3. The fourth-order valence-corrected chi connectivity index (χ4v) is 8.09. The van der Waals surface area contributed by atoms with Gasteiger partial charge in [0.25, 0.3) is 0 Å². The summed E-state index contributed by atoms with van der Waals surface area (Å²) in [7, 11) is 0. The summed E-state index contributed by atoms with van der Waals surface area (Å²) in [6.07, 6.45) is 0. The van der Waals surface area contributed by atoms with Gasteiger partial charge in [-0.2, -0.15) is 0 Å². The minimum atomic E-state index is -0.505. The van der Waals surface area contributed by atoms with Gasteiger partial charge in [0, 0.05) is 27.8 Å². The van der Waals surface area contributed by atoms with Crippen molar-refractivity contribution in [1.29, 1.82) is 0 Å². The molecule has 0 atom stereocenters. The van der Waals surface area contributed by atoms with E-state index in [1.807, 2.05) is 36.4 Å². The highest BCUT2D eigenvalue weighted by Crippen LogP contribution is 2.49. The summed E-state index contributed by atoms with van der Waals surface area (Å²) in [5.74, 6) is 2.56. The molecule has 1 aliphatic rings. The van der Waals surface area contributed by atoms with Crippen LogP contribution in [-0.4, -0.2) is 15.0 Å². The minimum Gasteiger partial charge on any atom is -0.482 e. The van der Waals surface area contributed by atoms with E-state index in [2.05, 4.69) is 178 Å². The fraction of sp³-hybridized carbons (Fsp3) is 0.0556. The van der Waals surface area contributed by atoms with E-state index in [9.17, 15) is 0 Å². The molecular weight excluding hydrogens is 707 g/mol. The molecular formula is C54H39N3O. The molecule has 4 heteroatoms. The zero-order chi connectivity index (χ0) is 39.1. The molecule has 0 saturated carbocycles. The first-order valence-corrected chi connectivity index (χ1v) is 19.7. The first-order valence-electron chi connectivity index (χ1n) is 19.7. The molecule has 8 aromatic carbocycles. The number of benzene rings is 8. The molecule has 1 aliphatic heterocycles. The summed E-state index contributed by atoms with van der Waals surface area (Å²) >= 11 is 0. The summed E-state index contributed by atoms with van der Waals surface area (Å²) in [6.45, 7) is 4.24. The van der Waals surface area contributed by atoms with Crippen LogP contribution in [0.1, 0.15) is 19.4 Å². The van der Waals surface area contributed by atoms with Crippen molar-refractivity contribution in [2.75, 3.05) is 0 Å². The first-order chi connectivity index (χ1) is 28.5. The molecule has 0 saturated heterocycles. The second kappa shape index (κ2) is 14.6. The second-order valence-corrected chi connectivity index (χ2v) is 15.2. The topological polar surface area (TPSA) is 47.9 Å². The molecule has 0 fully saturated rings. The Balaban J connectivity index is 1.25. The Morgan fingerprint density at radius 1 is 0.328 bits per heavy atom. The lowest BCUT2D eigenvalue weighted by molar-refractivity contribution is 0.106. The van der Waals surface area contributed by atoms with Gasteiger partial charge in [-0.1, -0.05) is 158 Å². The van der Waals surface area contributed by atoms with Gasteiger partial charge in [0.1, 0.15) is 11.4 Å². The summed E-state index contributed by atoms with van der Waals surface area (Å²) in [5, 5.41) is 0. The van der Waals surface area contributed by atoms with Crippen molar-refractivity contribution in [3.05, 3.63) is 206 Å². The van der Waals surface area contributed by atoms with Crippen molar-refractivity contribution in [2.45, 2.75) is 19.4 Å². The van der Waals surface area contributed by atoms with E-state index in [0.29, 0.717) is 17.5 Å². The fourth-order valence-electron chi connectivity index (χ4n) is 8.09. The Hall–Kier alpha value is -7.43. The van der Waals surface area contributed by atoms with E-state index >= 15 is 0 Å². The average molecular weight is 746 g/mol. The van der Waals surface area contributed by atoms with Gasteiger partial charge in [0.05, 0.1) is 0 Å². The Kier molecular flexibility index (Phi) is 8.80. The molecule has 58 heavy (non-hydrogen) atoms. The van der Waals surface area contributed by atoms with E-state index in [1.54, 1.807) is 0 Å². The summed E-state index contributed by atoms with van der Waals surface area (Å²) in [4.78, 5) is 16.1. The summed E-state index contributed by atoms with van der Waals surface area (Å²) in [5.41, 5.74) is 14.2. The van der Waals surface area contributed by atoms with Crippen LogP contribution in [0.25, 0.3) is 89.8 Å². The normalized spacial score (nSPS) is 12.6. The number of aromatic nitrogens is 3. The quantitative estimate of drug-likeness (QED) is 0.163. The van der Waals surface area contributed by atoms with E-state index in [-0.39, 0.29) is 0 Å². The van der Waals surface area contributed by atoms with E-state index in [0.717, 1.165) is 83.6 Å². The van der Waals surface area contributed by atoms with Crippen molar-refractivity contribution < 1.29 is 4.74 Å². The lowest BCUT2D eigenvalue weighted by Crippen LogP contribution is -2.29. The SMILES string of the molecule is CC1(C)Oc2cccc(-c3nc(-c4cc(-c5ccccc5)cc(-c5ccccc5)c4)nc(-c4cc(-c5ccccc5)cc(-c5ccccc5)c4)n3)c2-c2ccccc21. The first kappa shape index (κ1) is 35.0. The average Bonchev–Trinajstić information content (AvgIpc) is 3.29. The van der Waals surface area contributed by atoms with Gasteiger partial charge in [0.15, 0.2) is 17.5 Å². The molecule has 2 heterocycles. The van der Waals surface area contributed by atoms with Gasteiger partial charge in [-0.05, 0) is 106 Å². The molecule has 276 valence electrons. The van der Waals surface area contributed by atoms with Crippen molar-refractivity contribution >= 4 is 0 Å². The predicted octanol–water partition coefficient (Wildman–Crippen LogP) is 13.8. The third-order valence-electron chi connectivity index (χ3n) is 10.9. The van der Waals surface area contributed by atoms with Gasteiger partial charge in [-0.15, -0.1) is 0 Å². The molecule has 1 aromatic heterocycles. The Bertz CT molecular complexity index is 2670. The highest BCUT2D eigenvalue weighted by Gasteiger charge is 2.34. The molecule has 0 unspecified atom stereocenters. The van der Waals surface area contributed by atoms with Gasteiger partial charge in [0.2, 0.25) is 0 Å². The molecule has 9 aromatic rings. The van der Waals surface area contributed by atoms with Crippen LogP contribution in [0.4, 0.5) is 0 Å². The van der Waals surface area contributed by atoms with Crippen molar-refractivity contribution in [3.8, 4) is 95.5 Å². The van der Waals surface area contributed by atoms with Crippen molar-refractivity contribution in [1.82, 2.24) is 15.0 Å². The smallest absolute Gasteiger partial charge is 0.164 e. The van der Waals surface area contributed by atoms with Crippen molar-refractivity contribution in [2.24, 2.45) is 0 Å². The number of fused-ring (bicyclic) bond motifs is 3. The Morgan fingerprint density at radius 3 is 1.14 bits per heavy atom. The lowest BCUT2D eigenvalue weighted by atomic mass is 9.84. The second-order valence-electron chi connectivity index (χ2n) is 15.2. The van der Waals surface area contributed by atoms with E-state index < -0.39 is 5.60 Å². The van der Waals surface area contributed by atoms with Crippen LogP contribution in [0.5, 0.6) is 5.75 Å². The maximum Gasteiger partial charge on any atom is 0.164 e.